The molecule has 0 aliphatic carbocycles. The molecule has 7 heteroatoms. The normalized spacial score (nSPS) is 13.6. The van der Waals surface area contributed by atoms with Crippen LogP contribution in [-0.4, -0.2) is 36.7 Å². The standard InChI is InChI=1S/C18H17N5O2/c1-21-8-7-14(11-16(21)24)18(25)22-9-10-23-15(12-22)19-20-17(23)13-5-3-2-4-6-13/h2-8,11H,9-10,12H2,1H3. The summed E-state index contributed by atoms with van der Waals surface area (Å²) in [5.41, 5.74) is 1.21. The lowest BCUT2D eigenvalue weighted by molar-refractivity contribution is 0.0707. The minimum absolute atomic E-state index is 0.159. The molecule has 2 aromatic heterocycles. The highest BCUT2D eigenvalue weighted by Gasteiger charge is 2.25. The van der Waals surface area contributed by atoms with Crippen molar-refractivity contribution in [2.24, 2.45) is 7.05 Å². The summed E-state index contributed by atoms with van der Waals surface area (Å²) in [7, 11) is 1.66. The molecular formula is C18H17N5O2. The SMILES string of the molecule is Cn1ccc(C(=O)N2CCn3c(nnc3-c3ccccc3)C2)cc1=O. The first-order chi connectivity index (χ1) is 12.1. The lowest BCUT2D eigenvalue weighted by atomic mass is 10.2. The summed E-state index contributed by atoms with van der Waals surface area (Å²) < 4.78 is 3.49. The molecule has 1 aromatic carbocycles. The molecule has 3 heterocycles. The van der Waals surface area contributed by atoms with Crippen molar-refractivity contribution in [2.45, 2.75) is 13.1 Å². The third kappa shape index (κ3) is 2.73. The summed E-state index contributed by atoms with van der Waals surface area (Å²) in [5.74, 6) is 1.41. The van der Waals surface area contributed by atoms with E-state index in [2.05, 4.69) is 10.2 Å². The van der Waals surface area contributed by atoms with Crippen molar-refractivity contribution in [1.82, 2.24) is 24.2 Å². The van der Waals surface area contributed by atoms with Crippen molar-refractivity contribution in [1.29, 1.82) is 0 Å². The summed E-state index contributed by atoms with van der Waals surface area (Å²) >= 11 is 0. The van der Waals surface area contributed by atoms with E-state index in [1.165, 1.54) is 10.6 Å². The van der Waals surface area contributed by atoms with E-state index in [1.807, 2.05) is 34.9 Å². The maximum Gasteiger partial charge on any atom is 0.254 e. The Morgan fingerprint density at radius 1 is 1.08 bits per heavy atom. The highest BCUT2D eigenvalue weighted by molar-refractivity contribution is 5.94. The van der Waals surface area contributed by atoms with Crippen LogP contribution in [0.5, 0.6) is 0 Å². The molecule has 0 fully saturated rings. The van der Waals surface area contributed by atoms with Crippen LogP contribution in [0.1, 0.15) is 16.2 Å². The van der Waals surface area contributed by atoms with Gasteiger partial charge in [-0.2, -0.15) is 0 Å². The zero-order chi connectivity index (χ0) is 17.4. The van der Waals surface area contributed by atoms with Crippen LogP contribution in [0.4, 0.5) is 0 Å². The maximum absolute atomic E-state index is 12.7. The van der Waals surface area contributed by atoms with Gasteiger partial charge in [0.05, 0.1) is 6.54 Å². The molecule has 3 aromatic rings. The predicted octanol–water partition coefficient (Wildman–Crippen LogP) is 1.30. The molecule has 0 unspecified atom stereocenters. The molecule has 1 amide bonds. The molecule has 0 spiro atoms. The fourth-order valence-corrected chi connectivity index (χ4v) is 3.00. The summed E-state index contributed by atoms with van der Waals surface area (Å²) in [6.07, 6.45) is 1.61. The van der Waals surface area contributed by atoms with Gasteiger partial charge < -0.3 is 14.0 Å². The molecule has 7 nitrogen and oxygen atoms in total. The Morgan fingerprint density at radius 3 is 2.64 bits per heavy atom. The first-order valence-electron chi connectivity index (χ1n) is 8.07. The zero-order valence-corrected chi connectivity index (χ0v) is 13.8. The van der Waals surface area contributed by atoms with Gasteiger partial charge in [-0.25, -0.2) is 0 Å². The monoisotopic (exact) mass is 335 g/mol. The number of hydrogen-bond donors (Lipinski definition) is 0. The van der Waals surface area contributed by atoms with Gasteiger partial charge in [0.15, 0.2) is 11.6 Å². The predicted molar refractivity (Wildman–Crippen MR) is 91.9 cm³/mol. The van der Waals surface area contributed by atoms with Gasteiger partial charge in [-0.15, -0.1) is 10.2 Å². The molecule has 0 radical (unpaired) electrons. The third-order valence-corrected chi connectivity index (χ3v) is 4.42. The van der Waals surface area contributed by atoms with Crippen molar-refractivity contribution in [3.63, 3.8) is 0 Å². The maximum atomic E-state index is 12.7. The molecule has 1 aliphatic rings. The van der Waals surface area contributed by atoms with E-state index in [-0.39, 0.29) is 11.5 Å². The van der Waals surface area contributed by atoms with Crippen LogP contribution < -0.4 is 5.56 Å². The minimum atomic E-state index is -0.197. The number of benzene rings is 1. The molecule has 0 N–H and O–H groups in total. The van der Waals surface area contributed by atoms with Gasteiger partial charge in [0.1, 0.15) is 0 Å². The smallest absolute Gasteiger partial charge is 0.254 e. The van der Waals surface area contributed by atoms with E-state index in [9.17, 15) is 9.59 Å². The van der Waals surface area contributed by atoms with Gasteiger partial charge in [-0.05, 0) is 6.07 Å². The van der Waals surface area contributed by atoms with Gasteiger partial charge in [0, 0.05) is 43.5 Å². The van der Waals surface area contributed by atoms with Crippen LogP contribution in [0, 0.1) is 0 Å². The second-order valence-electron chi connectivity index (χ2n) is 6.05. The fraction of sp³-hybridized carbons (Fsp3) is 0.222. The molecular weight excluding hydrogens is 318 g/mol. The number of nitrogens with zero attached hydrogens (tertiary/aromatic N) is 5. The average Bonchev–Trinajstić information content (AvgIpc) is 3.07. The lowest BCUT2D eigenvalue weighted by Gasteiger charge is -2.28. The highest BCUT2D eigenvalue weighted by atomic mass is 16.2. The summed E-state index contributed by atoms with van der Waals surface area (Å²) in [4.78, 5) is 26.1. The highest BCUT2D eigenvalue weighted by Crippen LogP contribution is 2.22. The van der Waals surface area contributed by atoms with Crippen LogP contribution in [0.15, 0.2) is 53.5 Å². The van der Waals surface area contributed by atoms with Gasteiger partial charge in [-0.3, -0.25) is 9.59 Å². The number of carbonyl (C=O) groups excluding carboxylic acids is 1. The van der Waals surface area contributed by atoms with E-state index < -0.39 is 0 Å². The van der Waals surface area contributed by atoms with Crippen LogP contribution >= 0.6 is 0 Å². The van der Waals surface area contributed by atoms with E-state index in [1.54, 1.807) is 24.2 Å². The Morgan fingerprint density at radius 2 is 1.88 bits per heavy atom. The Balaban J connectivity index is 1.59. The van der Waals surface area contributed by atoms with Crippen molar-refractivity contribution in [3.8, 4) is 11.4 Å². The molecule has 0 bridgehead atoms. The molecule has 4 rings (SSSR count). The van der Waals surface area contributed by atoms with Gasteiger partial charge in [0.25, 0.3) is 11.5 Å². The Hall–Kier alpha value is -3.22. The summed E-state index contributed by atoms with van der Waals surface area (Å²) in [6, 6.07) is 12.9. The number of rotatable bonds is 2. The fourth-order valence-electron chi connectivity index (χ4n) is 3.00. The molecule has 0 saturated carbocycles. The average molecular weight is 335 g/mol. The number of carbonyl (C=O) groups is 1. The van der Waals surface area contributed by atoms with Crippen molar-refractivity contribution in [2.75, 3.05) is 6.54 Å². The van der Waals surface area contributed by atoms with E-state index in [4.69, 9.17) is 0 Å². The minimum Gasteiger partial charge on any atom is -0.329 e. The Labute approximate surface area is 144 Å². The first-order valence-corrected chi connectivity index (χ1v) is 8.07. The summed E-state index contributed by atoms with van der Waals surface area (Å²) in [6.45, 7) is 1.57. The van der Waals surface area contributed by atoms with Crippen molar-refractivity contribution < 1.29 is 4.79 Å². The number of amides is 1. The third-order valence-electron chi connectivity index (χ3n) is 4.42. The van der Waals surface area contributed by atoms with Crippen LogP contribution in [0.3, 0.4) is 0 Å². The van der Waals surface area contributed by atoms with Gasteiger partial charge in [0.2, 0.25) is 0 Å². The molecule has 126 valence electrons. The first kappa shape index (κ1) is 15.3. The number of pyridine rings is 1. The lowest BCUT2D eigenvalue weighted by Crippen LogP contribution is -2.39. The zero-order valence-electron chi connectivity index (χ0n) is 13.8. The molecule has 0 saturated heterocycles. The van der Waals surface area contributed by atoms with Crippen LogP contribution in [0.2, 0.25) is 0 Å². The number of aromatic nitrogens is 4. The second kappa shape index (κ2) is 6.01. The number of fused-ring (bicyclic) bond motifs is 1. The van der Waals surface area contributed by atoms with E-state index in [0.717, 1.165) is 17.2 Å². The van der Waals surface area contributed by atoms with E-state index in [0.29, 0.717) is 25.2 Å². The van der Waals surface area contributed by atoms with Crippen LogP contribution in [-0.2, 0) is 20.1 Å². The molecule has 25 heavy (non-hydrogen) atoms. The summed E-state index contributed by atoms with van der Waals surface area (Å²) in [5, 5.41) is 8.53. The van der Waals surface area contributed by atoms with Crippen molar-refractivity contribution >= 4 is 5.91 Å². The quantitative estimate of drug-likeness (QED) is 0.708. The van der Waals surface area contributed by atoms with Gasteiger partial charge >= 0.3 is 0 Å². The Bertz CT molecular complexity index is 990. The van der Waals surface area contributed by atoms with Crippen LogP contribution in [0.25, 0.3) is 11.4 Å². The topological polar surface area (TPSA) is 73.0 Å². The number of hydrogen-bond acceptors (Lipinski definition) is 4. The van der Waals surface area contributed by atoms with Crippen molar-refractivity contribution in [3.05, 3.63) is 70.4 Å². The Kier molecular flexibility index (Phi) is 3.68. The molecule has 1 aliphatic heterocycles. The largest absolute Gasteiger partial charge is 0.329 e. The molecule has 0 atom stereocenters. The number of aryl methyl sites for hydroxylation is 1. The second-order valence-corrected chi connectivity index (χ2v) is 6.05. The van der Waals surface area contributed by atoms with Gasteiger partial charge in [-0.1, -0.05) is 30.3 Å². The van der Waals surface area contributed by atoms with E-state index >= 15 is 0 Å².